The number of aromatic amines is 1. The van der Waals surface area contributed by atoms with Crippen LogP contribution >= 0.6 is 11.3 Å². The summed E-state index contributed by atoms with van der Waals surface area (Å²) in [5.74, 6) is 1.21. The number of carboxylic acid groups (broad SMARTS) is 1. The number of hydrogen-bond donors (Lipinski definition) is 4. The molecular formula is C22H28N6O4S. The lowest BCUT2D eigenvalue weighted by Gasteiger charge is -2.29. The van der Waals surface area contributed by atoms with Gasteiger partial charge in [0.05, 0.1) is 23.4 Å². The Labute approximate surface area is 195 Å². The zero-order chi connectivity index (χ0) is 23.2. The van der Waals surface area contributed by atoms with Gasteiger partial charge in [-0.15, -0.1) is 11.3 Å². The van der Waals surface area contributed by atoms with Gasteiger partial charge in [-0.2, -0.15) is 4.98 Å². The average molecular weight is 473 g/mol. The number of carbonyl (C=O) groups is 1. The van der Waals surface area contributed by atoms with Crippen LogP contribution in [0, 0.1) is 6.92 Å². The minimum absolute atomic E-state index is 0.159. The summed E-state index contributed by atoms with van der Waals surface area (Å²) in [5.41, 5.74) is 2.43. The van der Waals surface area contributed by atoms with Crippen LogP contribution in [0.15, 0.2) is 23.0 Å². The summed E-state index contributed by atoms with van der Waals surface area (Å²) in [6.45, 7) is 6.40. The van der Waals surface area contributed by atoms with Crippen LogP contribution in [0.4, 0.5) is 11.8 Å². The average Bonchev–Trinajstić information content (AvgIpc) is 3.23. The number of anilines is 2. The van der Waals surface area contributed by atoms with Crippen molar-refractivity contribution in [2.24, 2.45) is 0 Å². The number of nitrogens with zero attached hydrogens (tertiary/aromatic N) is 3. The lowest BCUT2D eigenvalue weighted by Crippen LogP contribution is -2.40. The number of H-pyrrole nitrogens is 1. The van der Waals surface area contributed by atoms with Gasteiger partial charge in [0.1, 0.15) is 16.4 Å². The topological polar surface area (TPSA) is 132 Å². The molecule has 5 rings (SSSR count). The van der Waals surface area contributed by atoms with Crippen LogP contribution in [0.5, 0.6) is 0 Å². The first-order valence-corrected chi connectivity index (χ1v) is 11.8. The fraction of sp³-hybridized carbons (Fsp3) is 0.455. The number of nitrogens with one attached hydrogen (secondary N) is 3. The summed E-state index contributed by atoms with van der Waals surface area (Å²) >= 11 is 1.53. The van der Waals surface area contributed by atoms with Gasteiger partial charge in [0.25, 0.3) is 12.0 Å². The molecule has 0 bridgehead atoms. The summed E-state index contributed by atoms with van der Waals surface area (Å²) in [7, 11) is 0. The molecule has 11 heteroatoms. The van der Waals surface area contributed by atoms with Crippen LogP contribution in [0.1, 0.15) is 18.4 Å². The third-order valence-corrected chi connectivity index (χ3v) is 6.67. The highest BCUT2D eigenvalue weighted by Gasteiger charge is 2.23. The monoisotopic (exact) mass is 472 g/mol. The number of piperidine rings is 1. The SMILES string of the molecule is Cc1ccc2sc(-c3c(N[C@@H]4CCCNC4)nc(N4CCOCC4)[nH]c3=O)nc2c1.O=CO. The number of ether oxygens (including phenoxy) is 1. The van der Waals surface area contributed by atoms with E-state index in [9.17, 15) is 4.79 Å². The van der Waals surface area contributed by atoms with Crippen molar-refractivity contribution in [1.82, 2.24) is 20.3 Å². The Bertz CT molecular complexity index is 1150. The molecule has 1 aromatic carbocycles. The number of thiazole rings is 1. The molecule has 3 aromatic rings. The lowest BCUT2D eigenvalue weighted by atomic mass is 10.1. The van der Waals surface area contributed by atoms with Crippen molar-refractivity contribution in [1.29, 1.82) is 0 Å². The second-order valence-electron chi connectivity index (χ2n) is 8.00. The van der Waals surface area contributed by atoms with E-state index in [1.807, 2.05) is 6.92 Å². The van der Waals surface area contributed by atoms with Crippen LogP contribution in [-0.4, -0.2) is 72.0 Å². The van der Waals surface area contributed by atoms with Crippen LogP contribution in [0.25, 0.3) is 20.8 Å². The molecule has 4 N–H and O–H groups in total. The normalized spacial score (nSPS) is 18.5. The molecule has 33 heavy (non-hydrogen) atoms. The van der Waals surface area contributed by atoms with Crippen molar-refractivity contribution in [2.75, 3.05) is 49.6 Å². The third-order valence-electron chi connectivity index (χ3n) is 5.61. The number of aryl methyl sites for hydroxylation is 1. The number of fused-ring (bicyclic) bond motifs is 1. The molecule has 0 amide bonds. The Kier molecular flexibility index (Phi) is 7.53. The molecule has 4 heterocycles. The lowest BCUT2D eigenvalue weighted by molar-refractivity contribution is -0.122. The predicted octanol–water partition coefficient (Wildman–Crippen LogP) is 2.06. The summed E-state index contributed by atoms with van der Waals surface area (Å²) in [6, 6.07) is 6.42. The summed E-state index contributed by atoms with van der Waals surface area (Å²) in [4.78, 5) is 36.3. The van der Waals surface area contributed by atoms with Crippen LogP contribution in [-0.2, 0) is 9.53 Å². The van der Waals surface area contributed by atoms with E-state index in [1.165, 1.54) is 11.3 Å². The second-order valence-corrected chi connectivity index (χ2v) is 9.03. The second kappa shape index (κ2) is 10.7. The standard InChI is InChI=1S/C21H26N6O2S.CH2O2/c1-13-4-5-16-15(11-13)24-20(30-16)17-18(23-14-3-2-6-22-12-14)25-21(26-19(17)28)27-7-9-29-10-8-27;2-1-3/h4-5,11,14,22H,2-3,6-10,12H2,1H3,(H2,23,25,26,28);1H,(H,2,3)/t14-;/m1./s1. The van der Waals surface area contributed by atoms with Gasteiger partial charge >= 0.3 is 0 Å². The first kappa shape index (κ1) is 23.1. The van der Waals surface area contributed by atoms with Crippen LogP contribution in [0.2, 0.25) is 0 Å². The van der Waals surface area contributed by atoms with E-state index in [4.69, 9.17) is 24.6 Å². The Morgan fingerprint density at radius 3 is 2.82 bits per heavy atom. The molecular weight excluding hydrogens is 444 g/mol. The fourth-order valence-electron chi connectivity index (χ4n) is 4.00. The van der Waals surface area contributed by atoms with Gasteiger partial charge < -0.3 is 25.4 Å². The molecule has 0 spiro atoms. The van der Waals surface area contributed by atoms with Crippen molar-refractivity contribution >= 4 is 39.8 Å². The quantitative estimate of drug-likeness (QED) is 0.421. The Morgan fingerprint density at radius 2 is 2.09 bits per heavy atom. The maximum atomic E-state index is 13.2. The van der Waals surface area contributed by atoms with Crippen molar-refractivity contribution in [3.63, 3.8) is 0 Å². The van der Waals surface area contributed by atoms with E-state index in [0.717, 1.165) is 41.7 Å². The number of aromatic nitrogens is 3. The van der Waals surface area contributed by atoms with E-state index in [2.05, 4.69) is 38.7 Å². The zero-order valence-electron chi connectivity index (χ0n) is 18.5. The molecule has 0 aliphatic carbocycles. The Balaban J connectivity index is 0.000000821. The molecule has 2 saturated heterocycles. The van der Waals surface area contributed by atoms with Crippen LogP contribution < -0.4 is 21.1 Å². The van der Waals surface area contributed by atoms with Gasteiger partial charge in [-0.05, 0) is 44.0 Å². The number of morpholine rings is 1. The summed E-state index contributed by atoms with van der Waals surface area (Å²) in [6.07, 6.45) is 2.15. The van der Waals surface area contributed by atoms with Crippen molar-refractivity contribution < 1.29 is 14.6 Å². The number of rotatable bonds is 4. The highest BCUT2D eigenvalue weighted by Crippen LogP contribution is 2.33. The molecule has 2 aromatic heterocycles. The van der Waals surface area contributed by atoms with E-state index in [1.54, 1.807) is 0 Å². The van der Waals surface area contributed by atoms with Gasteiger partial charge in [0.15, 0.2) is 0 Å². The summed E-state index contributed by atoms with van der Waals surface area (Å²) < 4.78 is 6.51. The van der Waals surface area contributed by atoms with E-state index in [0.29, 0.717) is 48.6 Å². The third kappa shape index (κ3) is 5.49. The molecule has 2 aliphatic rings. The molecule has 0 saturated carbocycles. The maximum Gasteiger partial charge on any atom is 0.290 e. The fourth-order valence-corrected chi connectivity index (χ4v) is 4.99. The molecule has 176 valence electrons. The minimum atomic E-state index is -0.250. The van der Waals surface area contributed by atoms with Crippen LogP contribution in [0.3, 0.4) is 0 Å². The molecule has 1 atom stereocenters. The predicted molar refractivity (Wildman–Crippen MR) is 129 cm³/mol. The maximum absolute atomic E-state index is 13.2. The molecule has 0 unspecified atom stereocenters. The van der Waals surface area contributed by atoms with Gasteiger partial charge in [0.2, 0.25) is 5.95 Å². The van der Waals surface area contributed by atoms with Crippen molar-refractivity contribution in [3.8, 4) is 10.6 Å². The largest absolute Gasteiger partial charge is 0.483 e. The van der Waals surface area contributed by atoms with Crippen molar-refractivity contribution in [2.45, 2.75) is 25.8 Å². The number of hydrogen-bond acceptors (Lipinski definition) is 9. The van der Waals surface area contributed by atoms with E-state index >= 15 is 0 Å². The van der Waals surface area contributed by atoms with E-state index in [-0.39, 0.29) is 18.1 Å². The minimum Gasteiger partial charge on any atom is -0.483 e. The van der Waals surface area contributed by atoms with Crippen molar-refractivity contribution in [3.05, 3.63) is 34.1 Å². The Morgan fingerprint density at radius 1 is 1.30 bits per heavy atom. The molecule has 0 radical (unpaired) electrons. The number of benzene rings is 1. The smallest absolute Gasteiger partial charge is 0.290 e. The van der Waals surface area contributed by atoms with E-state index < -0.39 is 0 Å². The molecule has 10 nitrogen and oxygen atoms in total. The highest BCUT2D eigenvalue weighted by atomic mass is 32.1. The first-order chi connectivity index (χ1) is 16.1. The summed E-state index contributed by atoms with van der Waals surface area (Å²) in [5, 5.41) is 14.5. The Hall–Kier alpha value is -3.02. The van der Waals surface area contributed by atoms with Gasteiger partial charge in [-0.1, -0.05) is 6.07 Å². The molecule has 2 aliphatic heterocycles. The molecule has 2 fully saturated rings. The van der Waals surface area contributed by atoms with Gasteiger partial charge in [-0.3, -0.25) is 14.6 Å². The van der Waals surface area contributed by atoms with Gasteiger partial charge in [0, 0.05) is 25.7 Å². The first-order valence-electron chi connectivity index (χ1n) is 11.0. The highest BCUT2D eigenvalue weighted by molar-refractivity contribution is 7.21. The zero-order valence-corrected chi connectivity index (χ0v) is 19.3. The van der Waals surface area contributed by atoms with Gasteiger partial charge in [-0.25, -0.2) is 4.98 Å².